The second-order valence-electron chi connectivity index (χ2n) is 6.87. The van der Waals surface area contributed by atoms with Gasteiger partial charge in [-0.25, -0.2) is 14.2 Å². The fraction of sp³-hybridized carbons (Fsp3) is 0.400. The molecule has 2 saturated heterocycles. The molecule has 142 valence electrons. The van der Waals surface area contributed by atoms with Gasteiger partial charge < -0.3 is 19.6 Å². The molecule has 2 aromatic rings. The standard InChI is InChI=1S/C20H24FN5O/c21-17-5-1-2-6-18(17)23-9-13-25(14-10-23)20(27)26-15-11-24(12-16-26)19-7-3-4-8-22-19/h1-8H,9-16H2. The van der Waals surface area contributed by atoms with Gasteiger partial charge in [-0.05, 0) is 24.3 Å². The molecule has 0 saturated carbocycles. The summed E-state index contributed by atoms with van der Waals surface area (Å²) in [4.78, 5) is 25.2. The van der Waals surface area contributed by atoms with E-state index >= 15 is 0 Å². The van der Waals surface area contributed by atoms with Crippen molar-refractivity contribution >= 4 is 17.5 Å². The summed E-state index contributed by atoms with van der Waals surface area (Å²) in [5, 5.41) is 0. The van der Waals surface area contributed by atoms with E-state index in [-0.39, 0.29) is 11.8 Å². The zero-order valence-electron chi connectivity index (χ0n) is 15.3. The molecule has 4 rings (SSSR count). The number of pyridine rings is 1. The van der Waals surface area contributed by atoms with E-state index in [0.717, 1.165) is 18.9 Å². The lowest BCUT2D eigenvalue weighted by atomic mass is 10.2. The van der Waals surface area contributed by atoms with Gasteiger partial charge in [-0.15, -0.1) is 0 Å². The Morgan fingerprint density at radius 1 is 0.778 bits per heavy atom. The minimum absolute atomic E-state index is 0.0869. The van der Waals surface area contributed by atoms with Gasteiger partial charge >= 0.3 is 6.03 Å². The number of para-hydroxylation sites is 1. The summed E-state index contributed by atoms with van der Waals surface area (Å²) in [7, 11) is 0. The summed E-state index contributed by atoms with van der Waals surface area (Å²) >= 11 is 0. The van der Waals surface area contributed by atoms with Crippen molar-refractivity contribution in [3.8, 4) is 0 Å². The van der Waals surface area contributed by atoms with E-state index in [1.807, 2.05) is 39.0 Å². The highest BCUT2D eigenvalue weighted by molar-refractivity contribution is 5.75. The average Bonchev–Trinajstić information content (AvgIpc) is 2.74. The van der Waals surface area contributed by atoms with Gasteiger partial charge in [0.15, 0.2) is 0 Å². The molecule has 6 nitrogen and oxygen atoms in total. The normalized spacial score (nSPS) is 18.0. The van der Waals surface area contributed by atoms with Crippen LogP contribution in [0.1, 0.15) is 0 Å². The monoisotopic (exact) mass is 369 g/mol. The molecular weight excluding hydrogens is 345 g/mol. The van der Waals surface area contributed by atoms with Crippen LogP contribution < -0.4 is 9.80 Å². The molecule has 0 bridgehead atoms. The van der Waals surface area contributed by atoms with Gasteiger partial charge in [-0.3, -0.25) is 0 Å². The van der Waals surface area contributed by atoms with Gasteiger partial charge in [0.05, 0.1) is 5.69 Å². The molecule has 0 radical (unpaired) electrons. The molecule has 0 atom stereocenters. The summed E-state index contributed by atoms with van der Waals surface area (Å²) in [5.74, 6) is 0.756. The van der Waals surface area contributed by atoms with Crippen molar-refractivity contribution in [2.24, 2.45) is 0 Å². The zero-order valence-corrected chi connectivity index (χ0v) is 15.3. The van der Waals surface area contributed by atoms with Crippen LogP contribution in [-0.2, 0) is 0 Å². The molecule has 0 unspecified atom stereocenters. The molecule has 27 heavy (non-hydrogen) atoms. The van der Waals surface area contributed by atoms with E-state index in [0.29, 0.717) is 45.0 Å². The number of rotatable bonds is 2. The number of hydrogen-bond acceptors (Lipinski definition) is 4. The van der Waals surface area contributed by atoms with Crippen molar-refractivity contribution in [3.05, 3.63) is 54.5 Å². The Kier molecular flexibility index (Phi) is 5.09. The Hall–Kier alpha value is -2.83. The summed E-state index contributed by atoms with van der Waals surface area (Å²) in [6.07, 6.45) is 1.79. The maximum absolute atomic E-state index is 14.0. The zero-order chi connectivity index (χ0) is 18.6. The minimum atomic E-state index is -0.206. The maximum Gasteiger partial charge on any atom is 0.320 e. The number of aromatic nitrogens is 1. The number of benzene rings is 1. The number of amides is 2. The third-order valence-corrected chi connectivity index (χ3v) is 5.27. The molecule has 0 spiro atoms. The molecule has 7 heteroatoms. The molecular formula is C20H24FN5O. The predicted molar refractivity (Wildman–Crippen MR) is 104 cm³/mol. The highest BCUT2D eigenvalue weighted by Crippen LogP contribution is 2.21. The van der Waals surface area contributed by atoms with Crippen LogP contribution in [0.3, 0.4) is 0 Å². The van der Waals surface area contributed by atoms with Crippen molar-refractivity contribution < 1.29 is 9.18 Å². The Morgan fingerprint density at radius 2 is 1.37 bits per heavy atom. The first-order valence-electron chi connectivity index (χ1n) is 9.42. The highest BCUT2D eigenvalue weighted by atomic mass is 19.1. The lowest BCUT2D eigenvalue weighted by molar-refractivity contribution is 0.147. The highest BCUT2D eigenvalue weighted by Gasteiger charge is 2.28. The van der Waals surface area contributed by atoms with Crippen molar-refractivity contribution in [3.63, 3.8) is 0 Å². The quantitative estimate of drug-likeness (QED) is 0.815. The van der Waals surface area contributed by atoms with Gasteiger partial charge in [0.25, 0.3) is 0 Å². The van der Waals surface area contributed by atoms with Crippen LogP contribution in [0.4, 0.5) is 20.7 Å². The van der Waals surface area contributed by atoms with E-state index in [9.17, 15) is 9.18 Å². The topological polar surface area (TPSA) is 42.9 Å². The Balaban J connectivity index is 1.29. The number of carbonyl (C=O) groups is 1. The van der Waals surface area contributed by atoms with Gasteiger partial charge in [-0.2, -0.15) is 0 Å². The average molecular weight is 369 g/mol. The van der Waals surface area contributed by atoms with Crippen LogP contribution in [0.5, 0.6) is 0 Å². The van der Waals surface area contributed by atoms with Gasteiger partial charge in [0.1, 0.15) is 11.6 Å². The molecule has 2 amide bonds. The fourth-order valence-electron chi connectivity index (χ4n) is 3.71. The Labute approximate surface area is 158 Å². The Morgan fingerprint density at radius 3 is 1.96 bits per heavy atom. The summed E-state index contributed by atoms with van der Waals surface area (Å²) in [6.45, 7) is 5.52. The molecule has 2 aliphatic rings. The third kappa shape index (κ3) is 3.82. The molecule has 0 N–H and O–H groups in total. The van der Waals surface area contributed by atoms with Crippen LogP contribution in [0.2, 0.25) is 0 Å². The fourth-order valence-corrected chi connectivity index (χ4v) is 3.71. The molecule has 1 aromatic carbocycles. The molecule has 1 aromatic heterocycles. The summed E-state index contributed by atoms with van der Waals surface area (Å²) in [5.41, 5.74) is 0.619. The summed E-state index contributed by atoms with van der Waals surface area (Å²) in [6, 6.07) is 12.8. The van der Waals surface area contributed by atoms with E-state index in [4.69, 9.17) is 0 Å². The molecule has 3 heterocycles. The third-order valence-electron chi connectivity index (χ3n) is 5.27. The van der Waals surface area contributed by atoms with Crippen molar-refractivity contribution in [1.82, 2.24) is 14.8 Å². The van der Waals surface area contributed by atoms with Crippen molar-refractivity contribution in [2.45, 2.75) is 0 Å². The number of hydrogen-bond donors (Lipinski definition) is 0. The molecule has 0 aliphatic carbocycles. The number of carbonyl (C=O) groups excluding carboxylic acids is 1. The van der Waals surface area contributed by atoms with Gasteiger partial charge in [-0.1, -0.05) is 18.2 Å². The number of urea groups is 1. The van der Waals surface area contributed by atoms with Gasteiger partial charge in [0, 0.05) is 58.6 Å². The van der Waals surface area contributed by atoms with E-state index in [1.165, 1.54) is 6.07 Å². The van der Waals surface area contributed by atoms with E-state index < -0.39 is 0 Å². The first-order chi connectivity index (χ1) is 13.2. The first-order valence-corrected chi connectivity index (χ1v) is 9.42. The number of piperazine rings is 2. The Bertz CT molecular complexity index is 771. The van der Waals surface area contributed by atoms with Crippen LogP contribution in [0.25, 0.3) is 0 Å². The van der Waals surface area contributed by atoms with Gasteiger partial charge in [0.2, 0.25) is 0 Å². The van der Waals surface area contributed by atoms with Crippen molar-refractivity contribution in [1.29, 1.82) is 0 Å². The lowest BCUT2D eigenvalue weighted by Crippen LogP contribution is -2.57. The predicted octanol–water partition coefficient (Wildman–Crippen LogP) is 2.28. The van der Waals surface area contributed by atoms with Crippen LogP contribution in [-0.4, -0.2) is 73.2 Å². The number of halogens is 1. The van der Waals surface area contributed by atoms with E-state index in [1.54, 1.807) is 18.3 Å². The first kappa shape index (κ1) is 17.6. The SMILES string of the molecule is O=C(N1CCN(c2ccccn2)CC1)N1CCN(c2ccccc2F)CC1. The van der Waals surface area contributed by atoms with Crippen LogP contribution in [0.15, 0.2) is 48.7 Å². The van der Waals surface area contributed by atoms with Crippen LogP contribution >= 0.6 is 0 Å². The van der Waals surface area contributed by atoms with Crippen LogP contribution in [0, 0.1) is 5.82 Å². The smallest absolute Gasteiger partial charge is 0.320 e. The molecule has 2 fully saturated rings. The van der Waals surface area contributed by atoms with Crippen molar-refractivity contribution in [2.75, 3.05) is 62.2 Å². The largest absolute Gasteiger partial charge is 0.366 e. The number of nitrogens with zero attached hydrogens (tertiary/aromatic N) is 5. The lowest BCUT2D eigenvalue weighted by Gasteiger charge is -2.41. The van der Waals surface area contributed by atoms with E-state index in [2.05, 4.69) is 9.88 Å². The minimum Gasteiger partial charge on any atom is -0.366 e. The molecule has 2 aliphatic heterocycles. The second kappa shape index (κ2) is 7.82. The summed E-state index contributed by atoms with van der Waals surface area (Å²) < 4.78 is 14.0. The maximum atomic E-state index is 14.0. The number of anilines is 2. The second-order valence-corrected chi connectivity index (χ2v) is 6.87.